The molecule has 0 bridgehead atoms. The van der Waals surface area contributed by atoms with Crippen LogP contribution in [0, 0.1) is 0 Å². The molecule has 0 radical (unpaired) electrons. The molecule has 9 heteroatoms. The Morgan fingerprint density at radius 3 is 2.32 bits per heavy atom. The molecule has 3 rings (SSSR count). The molecule has 1 amide bonds. The molecule has 164 valence electrons. The molecule has 1 aromatic carbocycles. The van der Waals surface area contributed by atoms with Gasteiger partial charge in [0, 0.05) is 52.5 Å². The minimum atomic E-state index is -0.611. The largest absolute Gasteiger partial charge is 0.372 e. The lowest BCUT2D eigenvalue weighted by Crippen LogP contribution is -2.41. The van der Waals surface area contributed by atoms with Gasteiger partial charge in [-0.15, -0.1) is 0 Å². The topological polar surface area (TPSA) is 98.3 Å². The van der Waals surface area contributed by atoms with Crippen molar-refractivity contribution in [1.82, 2.24) is 19.0 Å². The Morgan fingerprint density at radius 2 is 1.68 bits per heavy atom. The second-order valence-electron chi connectivity index (χ2n) is 7.38. The molecule has 0 saturated carbocycles. The van der Waals surface area contributed by atoms with Crippen LogP contribution in [0.1, 0.15) is 23.7 Å². The van der Waals surface area contributed by atoms with E-state index in [1.165, 1.54) is 30.3 Å². The zero-order valence-electron chi connectivity index (χ0n) is 18.2. The number of anilines is 1. The summed E-state index contributed by atoms with van der Waals surface area (Å²) in [5.41, 5.74) is -0.442. The normalized spacial score (nSPS) is 11.0. The zero-order chi connectivity index (χ0) is 22.7. The predicted molar refractivity (Wildman–Crippen MR) is 121 cm³/mol. The number of nitrogens with one attached hydrogen (secondary N) is 1. The quantitative estimate of drug-likeness (QED) is 0.559. The molecule has 3 aromatic rings. The second kappa shape index (κ2) is 9.03. The fourth-order valence-corrected chi connectivity index (χ4v) is 3.71. The van der Waals surface area contributed by atoms with Crippen LogP contribution in [0.2, 0.25) is 0 Å². The number of para-hydroxylation sites is 1. The maximum Gasteiger partial charge on any atom is 0.332 e. The SMILES string of the molecule is CCN(CCCNC(=O)c1cc(=O)n(C)c2c1c(=O)n(C)c(=O)n2C)c1ccccc1. The molecule has 9 nitrogen and oxygen atoms in total. The van der Waals surface area contributed by atoms with E-state index >= 15 is 0 Å². The lowest BCUT2D eigenvalue weighted by Gasteiger charge is -2.23. The van der Waals surface area contributed by atoms with Gasteiger partial charge in [-0.2, -0.15) is 0 Å². The van der Waals surface area contributed by atoms with Crippen molar-refractivity contribution >= 4 is 22.6 Å². The lowest BCUT2D eigenvalue weighted by molar-refractivity contribution is 0.0954. The van der Waals surface area contributed by atoms with E-state index in [4.69, 9.17) is 0 Å². The van der Waals surface area contributed by atoms with Crippen LogP contribution in [0.5, 0.6) is 0 Å². The molecule has 0 aliphatic carbocycles. The lowest BCUT2D eigenvalue weighted by atomic mass is 10.1. The summed E-state index contributed by atoms with van der Waals surface area (Å²) in [5.74, 6) is -0.513. The molecule has 0 saturated heterocycles. The van der Waals surface area contributed by atoms with Crippen molar-refractivity contribution < 1.29 is 4.79 Å². The minimum Gasteiger partial charge on any atom is -0.372 e. The summed E-state index contributed by atoms with van der Waals surface area (Å²) in [6.45, 7) is 4.03. The molecule has 2 heterocycles. The highest BCUT2D eigenvalue weighted by Crippen LogP contribution is 2.13. The number of aryl methyl sites for hydroxylation is 2. The third-order valence-electron chi connectivity index (χ3n) is 5.46. The maximum absolute atomic E-state index is 12.9. The number of hydrogen-bond donors (Lipinski definition) is 1. The number of rotatable bonds is 7. The number of amides is 1. The molecule has 0 aliphatic rings. The summed E-state index contributed by atoms with van der Waals surface area (Å²) >= 11 is 0. The number of carbonyl (C=O) groups is 1. The first-order chi connectivity index (χ1) is 14.8. The minimum absolute atomic E-state index is 0.0234. The van der Waals surface area contributed by atoms with Crippen LogP contribution in [0.4, 0.5) is 5.69 Å². The number of nitrogens with zero attached hydrogens (tertiary/aromatic N) is 4. The number of pyridine rings is 1. The molecule has 31 heavy (non-hydrogen) atoms. The van der Waals surface area contributed by atoms with Crippen LogP contribution in [-0.2, 0) is 21.1 Å². The first-order valence-electron chi connectivity index (χ1n) is 10.2. The molecule has 1 N–H and O–H groups in total. The highest BCUT2D eigenvalue weighted by atomic mass is 16.2. The number of hydrogen-bond acceptors (Lipinski definition) is 5. The maximum atomic E-state index is 12.9. The zero-order valence-corrected chi connectivity index (χ0v) is 18.2. The van der Waals surface area contributed by atoms with Crippen molar-refractivity contribution in [2.75, 3.05) is 24.5 Å². The van der Waals surface area contributed by atoms with E-state index in [9.17, 15) is 19.2 Å². The smallest absolute Gasteiger partial charge is 0.332 e. The van der Waals surface area contributed by atoms with E-state index in [1.807, 2.05) is 30.3 Å². The Hall–Kier alpha value is -3.62. The molecular formula is C22H27N5O4. The van der Waals surface area contributed by atoms with Crippen molar-refractivity contribution in [2.24, 2.45) is 21.1 Å². The van der Waals surface area contributed by atoms with Gasteiger partial charge in [-0.3, -0.25) is 28.1 Å². The fourth-order valence-electron chi connectivity index (χ4n) is 3.71. The van der Waals surface area contributed by atoms with E-state index in [0.29, 0.717) is 13.0 Å². The summed E-state index contributed by atoms with van der Waals surface area (Å²) in [5, 5.41) is 2.85. The highest BCUT2D eigenvalue weighted by molar-refractivity contribution is 6.05. The summed E-state index contributed by atoms with van der Waals surface area (Å²) in [4.78, 5) is 52.5. The van der Waals surface area contributed by atoms with Gasteiger partial charge in [-0.25, -0.2) is 4.79 Å². The van der Waals surface area contributed by atoms with E-state index < -0.39 is 22.7 Å². The third kappa shape index (κ3) is 4.16. The van der Waals surface area contributed by atoms with Crippen LogP contribution < -0.4 is 27.0 Å². The predicted octanol–water partition coefficient (Wildman–Crippen LogP) is 0.582. The van der Waals surface area contributed by atoms with Gasteiger partial charge in [0.05, 0.1) is 10.9 Å². The van der Waals surface area contributed by atoms with Crippen LogP contribution in [-0.4, -0.2) is 39.2 Å². The van der Waals surface area contributed by atoms with Gasteiger partial charge >= 0.3 is 5.69 Å². The fraction of sp³-hybridized carbons (Fsp3) is 0.364. The van der Waals surface area contributed by atoms with Crippen LogP contribution in [0.3, 0.4) is 0 Å². The second-order valence-corrected chi connectivity index (χ2v) is 7.38. The van der Waals surface area contributed by atoms with Gasteiger partial charge in [-0.1, -0.05) is 18.2 Å². The van der Waals surface area contributed by atoms with E-state index in [1.54, 1.807) is 0 Å². The summed E-state index contributed by atoms with van der Waals surface area (Å²) in [6.07, 6.45) is 0.688. The van der Waals surface area contributed by atoms with Crippen molar-refractivity contribution in [1.29, 1.82) is 0 Å². The van der Waals surface area contributed by atoms with Crippen molar-refractivity contribution in [3.05, 3.63) is 73.2 Å². The monoisotopic (exact) mass is 425 g/mol. The Labute approximate surface area is 179 Å². The summed E-state index contributed by atoms with van der Waals surface area (Å²) < 4.78 is 3.34. The molecule has 0 spiro atoms. The molecule has 0 atom stereocenters. The van der Waals surface area contributed by atoms with E-state index in [0.717, 1.165) is 29.4 Å². The van der Waals surface area contributed by atoms with E-state index in [-0.39, 0.29) is 16.6 Å². The van der Waals surface area contributed by atoms with Gasteiger partial charge < -0.3 is 10.2 Å². The molecule has 0 aliphatic heterocycles. The van der Waals surface area contributed by atoms with Crippen molar-refractivity contribution in [3.8, 4) is 0 Å². The third-order valence-corrected chi connectivity index (χ3v) is 5.46. The Balaban J connectivity index is 1.83. The van der Waals surface area contributed by atoms with Gasteiger partial charge in [0.15, 0.2) is 0 Å². The van der Waals surface area contributed by atoms with Crippen LogP contribution in [0.25, 0.3) is 11.0 Å². The average Bonchev–Trinajstić information content (AvgIpc) is 2.78. The molecule has 0 unspecified atom stereocenters. The Kier molecular flexibility index (Phi) is 6.43. The van der Waals surface area contributed by atoms with Gasteiger partial charge in [-0.05, 0) is 25.5 Å². The first kappa shape index (κ1) is 22.1. The summed E-state index contributed by atoms with van der Waals surface area (Å²) in [7, 11) is 4.28. The van der Waals surface area contributed by atoms with Gasteiger partial charge in [0.1, 0.15) is 5.65 Å². The van der Waals surface area contributed by atoms with Crippen molar-refractivity contribution in [3.63, 3.8) is 0 Å². The van der Waals surface area contributed by atoms with Gasteiger partial charge in [0.25, 0.3) is 17.0 Å². The summed E-state index contributed by atoms with van der Waals surface area (Å²) in [6, 6.07) is 11.1. The first-order valence-corrected chi connectivity index (χ1v) is 10.2. The van der Waals surface area contributed by atoms with Crippen molar-refractivity contribution in [2.45, 2.75) is 13.3 Å². The number of fused-ring (bicyclic) bond motifs is 1. The highest BCUT2D eigenvalue weighted by Gasteiger charge is 2.20. The van der Waals surface area contributed by atoms with Crippen LogP contribution >= 0.6 is 0 Å². The number of aromatic nitrogens is 3. The van der Waals surface area contributed by atoms with Crippen LogP contribution in [0.15, 0.2) is 50.8 Å². The van der Waals surface area contributed by atoms with E-state index in [2.05, 4.69) is 17.1 Å². The standard InChI is InChI=1S/C22H27N5O4/c1-5-27(15-10-7-6-8-11-15)13-9-12-23-19(29)16-14-17(28)24(2)20-18(16)21(30)26(4)22(31)25(20)3/h6-8,10-11,14H,5,9,12-13H2,1-4H3,(H,23,29). The number of carbonyl (C=O) groups excluding carboxylic acids is 1. The Bertz CT molecular complexity index is 1290. The Morgan fingerprint density at radius 1 is 1.00 bits per heavy atom. The average molecular weight is 425 g/mol. The molecule has 0 fully saturated rings. The molecular weight excluding hydrogens is 398 g/mol. The number of benzene rings is 1. The van der Waals surface area contributed by atoms with Gasteiger partial charge in [0.2, 0.25) is 0 Å². The molecule has 2 aromatic heterocycles.